The van der Waals surface area contributed by atoms with Crippen LogP contribution in [0.15, 0.2) is 59.5 Å². The van der Waals surface area contributed by atoms with Crippen molar-refractivity contribution in [3.8, 4) is 0 Å². The molecule has 26 heavy (non-hydrogen) atoms. The Balaban J connectivity index is 2.22. The second kappa shape index (κ2) is 7.85. The third-order valence-electron chi connectivity index (χ3n) is 3.53. The number of aliphatic carboxylic acids is 1. The quantitative estimate of drug-likeness (QED) is 0.760. The number of benzene rings is 2. The molecule has 0 aromatic heterocycles. The van der Waals surface area contributed by atoms with Crippen LogP contribution in [0.5, 0.6) is 0 Å². The van der Waals surface area contributed by atoms with Crippen molar-refractivity contribution in [1.29, 1.82) is 0 Å². The van der Waals surface area contributed by atoms with Gasteiger partial charge in [0.25, 0.3) is 0 Å². The van der Waals surface area contributed by atoms with E-state index < -0.39 is 21.5 Å². The molecule has 0 unspecified atom stereocenters. The van der Waals surface area contributed by atoms with E-state index in [9.17, 15) is 13.2 Å². The monoisotopic (exact) mass is 373 g/mol. The van der Waals surface area contributed by atoms with Crippen molar-refractivity contribution in [1.82, 2.24) is 4.72 Å². The highest BCUT2D eigenvalue weighted by molar-refractivity contribution is 7.89. The fraction of sp³-hybridized carbons (Fsp3) is 0.250. The normalized spacial score (nSPS) is 12.4. The highest BCUT2D eigenvalue weighted by atomic mass is 32.2. The lowest BCUT2D eigenvalue weighted by Gasteiger charge is -2.20. The summed E-state index contributed by atoms with van der Waals surface area (Å²) >= 11 is 0. The van der Waals surface area contributed by atoms with Crippen LogP contribution in [0.25, 0.3) is 6.08 Å². The Morgan fingerprint density at radius 1 is 1.08 bits per heavy atom. The number of carboxylic acids is 1. The van der Waals surface area contributed by atoms with E-state index in [1.54, 1.807) is 51.1 Å². The summed E-state index contributed by atoms with van der Waals surface area (Å²) in [4.78, 5) is 10.9. The predicted octanol–water partition coefficient (Wildman–Crippen LogP) is 3.45. The van der Waals surface area contributed by atoms with Crippen molar-refractivity contribution in [2.75, 3.05) is 0 Å². The molecule has 2 aromatic carbocycles. The Morgan fingerprint density at radius 3 is 2.27 bits per heavy atom. The smallest absolute Gasteiger partial charge is 0.328 e. The van der Waals surface area contributed by atoms with Crippen molar-refractivity contribution in [3.05, 3.63) is 71.3 Å². The molecule has 0 amide bonds. The van der Waals surface area contributed by atoms with Gasteiger partial charge in [-0.2, -0.15) is 0 Å². The van der Waals surface area contributed by atoms with Gasteiger partial charge in [-0.15, -0.1) is 0 Å². The van der Waals surface area contributed by atoms with Crippen molar-refractivity contribution < 1.29 is 18.3 Å². The van der Waals surface area contributed by atoms with Crippen LogP contribution in [-0.2, 0) is 21.2 Å². The fourth-order valence-corrected chi connectivity index (χ4v) is 3.91. The SMILES string of the molecule is CC(C)(C)NS(=O)(=O)c1ccc(Cc2ccccc2/C=C/C(=O)O)cc1. The van der Waals surface area contributed by atoms with E-state index in [1.807, 2.05) is 24.3 Å². The summed E-state index contributed by atoms with van der Waals surface area (Å²) in [7, 11) is -3.56. The first-order valence-electron chi connectivity index (χ1n) is 8.19. The lowest BCUT2D eigenvalue weighted by Crippen LogP contribution is -2.40. The highest BCUT2D eigenvalue weighted by Gasteiger charge is 2.21. The highest BCUT2D eigenvalue weighted by Crippen LogP contribution is 2.19. The van der Waals surface area contributed by atoms with Gasteiger partial charge in [-0.25, -0.2) is 17.9 Å². The third-order valence-corrected chi connectivity index (χ3v) is 5.30. The Kier molecular flexibility index (Phi) is 6.00. The second-order valence-corrected chi connectivity index (χ2v) is 8.73. The summed E-state index contributed by atoms with van der Waals surface area (Å²) in [6.45, 7) is 5.38. The van der Waals surface area contributed by atoms with Gasteiger partial charge in [0.2, 0.25) is 10.0 Å². The minimum atomic E-state index is -3.56. The van der Waals surface area contributed by atoms with Crippen molar-refractivity contribution in [2.45, 2.75) is 37.6 Å². The van der Waals surface area contributed by atoms with Gasteiger partial charge in [-0.1, -0.05) is 36.4 Å². The Hall–Kier alpha value is -2.44. The first-order chi connectivity index (χ1) is 12.1. The Morgan fingerprint density at radius 2 is 1.69 bits per heavy atom. The van der Waals surface area contributed by atoms with E-state index in [1.165, 1.54) is 0 Å². The van der Waals surface area contributed by atoms with E-state index in [0.717, 1.165) is 22.8 Å². The Labute approximate surface area is 154 Å². The second-order valence-electron chi connectivity index (χ2n) is 7.05. The molecule has 0 saturated heterocycles. The maximum absolute atomic E-state index is 12.3. The molecule has 0 aliphatic rings. The van der Waals surface area contributed by atoms with Crippen molar-refractivity contribution in [2.24, 2.45) is 0 Å². The fourth-order valence-electron chi connectivity index (χ4n) is 2.49. The lowest BCUT2D eigenvalue weighted by molar-refractivity contribution is -0.131. The van der Waals surface area contributed by atoms with Gasteiger partial charge in [-0.3, -0.25) is 0 Å². The molecule has 2 rings (SSSR count). The molecule has 2 N–H and O–H groups in total. The zero-order chi connectivity index (χ0) is 19.4. The molecule has 0 radical (unpaired) electrons. The minimum absolute atomic E-state index is 0.218. The lowest BCUT2D eigenvalue weighted by atomic mass is 9.99. The van der Waals surface area contributed by atoms with Crippen LogP contribution in [-0.4, -0.2) is 25.0 Å². The summed E-state index contributed by atoms with van der Waals surface area (Å²) in [6, 6.07) is 14.2. The summed E-state index contributed by atoms with van der Waals surface area (Å²) in [6.07, 6.45) is 3.24. The van der Waals surface area contributed by atoms with Crippen LogP contribution in [0, 0.1) is 0 Å². The maximum Gasteiger partial charge on any atom is 0.328 e. The number of hydrogen-bond donors (Lipinski definition) is 2. The number of nitrogens with one attached hydrogen (secondary N) is 1. The van der Waals surface area contributed by atoms with E-state index in [-0.39, 0.29) is 4.90 Å². The van der Waals surface area contributed by atoms with E-state index in [0.29, 0.717) is 6.42 Å². The molecule has 138 valence electrons. The molecule has 0 aliphatic heterocycles. The molecule has 0 saturated carbocycles. The van der Waals surface area contributed by atoms with Crippen molar-refractivity contribution in [3.63, 3.8) is 0 Å². The molecule has 0 spiro atoms. The summed E-state index contributed by atoms with van der Waals surface area (Å²) in [5.41, 5.74) is 2.18. The largest absolute Gasteiger partial charge is 0.478 e. The summed E-state index contributed by atoms with van der Waals surface area (Å²) < 4.78 is 27.3. The van der Waals surface area contributed by atoms with Gasteiger partial charge in [0.05, 0.1) is 4.90 Å². The number of rotatable bonds is 6. The first-order valence-corrected chi connectivity index (χ1v) is 9.67. The van der Waals surface area contributed by atoms with Gasteiger partial charge in [0.1, 0.15) is 0 Å². The molecule has 0 heterocycles. The molecular formula is C20H23NO4S. The predicted molar refractivity (Wildman–Crippen MR) is 102 cm³/mol. The number of sulfonamides is 1. The van der Waals surface area contributed by atoms with Gasteiger partial charge in [0, 0.05) is 11.6 Å². The molecule has 2 aromatic rings. The van der Waals surface area contributed by atoms with Gasteiger partial charge in [-0.05, 0) is 62.1 Å². The molecule has 0 atom stereocenters. The van der Waals surface area contributed by atoms with E-state index in [4.69, 9.17) is 5.11 Å². The summed E-state index contributed by atoms with van der Waals surface area (Å²) in [5, 5.41) is 8.79. The standard InChI is InChI=1S/C20H23NO4S/c1-20(2,3)21-26(24,25)18-11-8-15(9-12-18)14-17-7-5-4-6-16(17)10-13-19(22)23/h4-13,21H,14H2,1-3H3,(H,22,23)/b13-10+. The van der Waals surface area contributed by atoms with Crippen LogP contribution >= 0.6 is 0 Å². The first kappa shape index (κ1) is 19.9. The van der Waals surface area contributed by atoms with Crippen LogP contribution in [0.4, 0.5) is 0 Å². The molecule has 6 heteroatoms. The van der Waals surface area contributed by atoms with Crippen LogP contribution in [0.3, 0.4) is 0 Å². The molecule has 0 fully saturated rings. The molecular weight excluding hydrogens is 350 g/mol. The Bertz CT molecular complexity index is 908. The van der Waals surface area contributed by atoms with Gasteiger partial charge in [0.15, 0.2) is 0 Å². The van der Waals surface area contributed by atoms with E-state index >= 15 is 0 Å². The zero-order valence-corrected chi connectivity index (χ0v) is 15.9. The number of hydrogen-bond acceptors (Lipinski definition) is 3. The average molecular weight is 373 g/mol. The molecule has 5 nitrogen and oxygen atoms in total. The van der Waals surface area contributed by atoms with Gasteiger partial charge < -0.3 is 5.11 Å². The van der Waals surface area contributed by atoms with Crippen LogP contribution in [0.2, 0.25) is 0 Å². The van der Waals surface area contributed by atoms with Gasteiger partial charge >= 0.3 is 5.97 Å². The number of carbonyl (C=O) groups is 1. The minimum Gasteiger partial charge on any atom is -0.478 e. The topological polar surface area (TPSA) is 83.5 Å². The van der Waals surface area contributed by atoms with E-state index in [2.05, 4.69) is 4.72 Å². The van der Waals surface area contributed by atoms with Crippen molar-refractivity contribution >= 4 is 22.1 Å². The number of carboxylic acid groups (broad SMARTS) is 1. The van der Waals surface area contributed by atoms with Crippen LogP contribution in [0.1, 0.15) is 37.5 Å². The third kappa shape index (κ3) is 5.82. The maximum atomic E-state index is 12.3. The average Bonchev–Trinajstić information content (AvgIpc) is 2.52. The molecule has 0 aliphatic carbocycles. The van der Waals surface area contributed by atoms with Crippen LogP contribution < -0.4 is 4.72 Å². The summed E-state index contributed by atoms with van der Waals surface area (Å²) in [5.74, 6) is -0.999. The molecule has 0 bridgehead atoms. The zero-order valence-electron chi connectivity index (χ0n) is 15.1.